The normalized spacial score (nSPS) is 30.2. The molecule has 63 heavy (non-hydrogen) atoms. The summed E-state index contributed by atoms with van der Waals surface area (Å²) in [7, 11) is -4.03. The highest BCUT2D eigenvalue weighted by Crippen LogP contribution is 2.59. The van der Waals surface area contributed by atoms with Crippen LogP contribution in [0, 0.1) is 23.2 Å². The summed E-state index contributed by atoms with van der Waals surface area (Å²) in [6.07, 6.45) is 7.09. The smallest absolute Gasteiger partial charge is 0.408 e. The molecule has 16 nitrogen and oxygen atoms in total. The Hall–Kier alpha value is -4.05. The summed E-state index contributed by atoms with van der Waals surface area (Å²) in [6.45, 7) is 14.0. The molecule has 4 saturated heterocycles. The second-order valence-corrected chi connectivity index (χ2v) is 23.7. The third-order valence-corrected chi connectivity index (χ3v) is 17.9. The maximum absolute atomic E-state index is 14.2. The van der Waals surface area contributed by atoms with E-state index in [9.17, 15) is 32.4 Å². The predicted molar refractivity (Wildman–Crippen MR) is 239 cm³/mol. The number of aromatic amines is 1. The Morgan fingerprint density at radius 1 is 1.10 bits per heavy atom. The van der Waals surface area contributed by atoms with E-state index in [2.05, 4.69) is 32.2 Å². The van der Waals surface area contributed by atoms with Crippen LogP contribution in [0.15, 0.2) is 41.7 Å². The molecule has 6 aliphatic rings. The van der Waals surface area contributed by atoms with Crippen molar-refractivity contribution in [1.82, 2.24) is 30.6 Å². The van der Waals surface area contributed by atoms with E-state index in [0.717, 1.165) is 56.1 Å². The predicted octanol–water partition coefficient (Wildman–Crippen LogP) is 3.82. The molecule has 18 heteroatoms. The molecule has 2 bridgehead atoms. The number of hydrogen-bond acceptors (Lipinski definition) is 11. The molecular formula is C45H63N6O10PS. The van der Waals surface area contributed by atoms with Gasteiger partial charge < -0.3 is 40.0 Å². The molecule has 6 unspecified atom stereocenters. The number of H-pyrrole nitrogens is 1. The number of likely N-dealkylation sites (tertiary alicyclic amines) is 1. The van der Waals surface area contributed by atoms with Crippen molar-refractivity contribution in [2.75, 3.05) is 32.8 Å². The lowest BCUT2D eigenvalue weighted by Gasteiger charge is -2.42. The Morgan fingerprint density at radius 2 is 1.83 bits per heavy atom. The first-order valence-electron chi connectivity index (χ1n) is 22.6. The van der Waals surface area contributed by atoms with Crippen LogP contribution >= 0.6 is 8.58 Å². The minimum absolute atomic E-state index is 0.0216. The second kappa shape index (κ2) is 17.7. The van der Waals surface area contributed by atoms with E-state index in [1.165, 1.54) is 11.0 Å². The molecule has 5 heterocycles. The van der Waals surface area contributed by atoms with Crippen molar-refractivity contribution in [3.63, 3.8) is 0 Å². The van der Waals surface area contributed by atoms with Gasteiger partial charge in [-0.25, -0.2) is 13.2 Å². The number of ether oxygens (including phenoxy) is 3. The number of aromatic nitrogens is 1. The molecule has 2 aliphatic carbocycles. The van der Waals surface area contributed by atoms with Crippen molar-refractivity contribution in [2.24, 2.45) is 23.2 Å². The van der Waals surface area contributed by atoms with Gasteiger partial charge in [0.25, 0.3) is 11.5 Å². The van der Waals surface area contributed by atoms with Gasteiger partial charge in [-0.05, 0) is 81.8 Å². The van der Waals surface area contributed by atoms with E-state index in [-0.39, 0.29) is 50.6 Å². The quantitative estimate of drug-likeness (QED) is 0.0875. The van der Waals surface area contributed by atoms with Gasteiger partial charge in [0.05, 0.1) is 29.0 Å². The average molecular weight is 911 g/mol. The summed E-state index contributed by atoms with van der Waals surface area (Å²) in [5.74, 6) is -0.456. The SMILES string of the molecule is C=CC1PC1(NC(=O)[C@@H]1CCCN1C(=O)[C@@H](NC(=O)OC1C[C@H]1CCCCCc1c(OC2C3CNCC2COC3)c2ccccc2[nH]c1=O)C(C)(C)C)C(=O)NS(=O)(=O)C1(C)CC1. The number of unbranched alkanes of at least 4 members (excludes halogenated alkanes) is 2. The number of carbonyl (C=O) groups is 4. The van der Waals surface area contributed by atoms with Crippen LogP contribution in [0.4, 0.5) is 4.79 Å². The summed E-state index contributed by atoms with van der Waals surface area (Å²) >= 11 is 0. The van der Waals surface area contributed by atoms with Crippen molar-refractivity contribution in [1.29, 1.82) is 0 Å². The molecular weight excluding hydrogens is 848 g/mol. The molecule has 4 amide bonds. The fourth-order valence-corrected chi connectivity index (χ4v) is 12.1. The Morgan fingerprint density at radius 3 is 2.51 bits per heavy atom. The summed E-state index contributed by atoms with van der Waals surface area (Å²) in [5.41, 5.74) is 0.137. The highest BCUT2D eigenvalue weighted by molar-refractivity contribution is 7.91. The summed E-state index contributed by atoms with van der Waals surface area (Å²) in [5, 5.41) is 8.56. The summed E-state index contributed by atoms with van der Waals surface area (Å²) in [4.78, 5) is 72.6. The topological polar surface area (TPSA) is 214 Å². The van der Waals surface area contributed by atoms with Gasteiger partial charge >= 0.3 is 6.09 Å². The van der Waals surface area contributed by atoms with Gasteiger partial charge in [-0.3, -0.25) is 23.9 Å². The van der Waals surface area contributed by atoms with Gasteiger partial charge in [0.15, 0.2) is 0 Å². The van der Waals surface area contributed by atoms with Crippen LogP contribution < -0.4 is 31.0 Å². The minimum Gasteiger partial charge on any atom is -0.488 e. The molecule has 0 spiro atoms. The Balaban J connectivity index is 0.819. The minimum atomic E-state index is -3.93. The highest BCUT2D eigenvalue weighted by atomic mass is 32.2. The molecule has 8 rings (SSSR count). The molecule has 9 atom stereocenters. The average Bonchev–Trinajstić information content (AvgIpc) is 4.19. The number of rotatable bonds is 17. The molecule has 2 aromatic rings. The van der Waals surface area contributed by atoms with Gasteiger partial charge in [-0.15, -0.1) is 6.58 Å². The maximum atomic E-state index is 14.2. The van der Waals surface area contributed by atoms with E-state index >= 15 is 0 Å². The molecule has 2 saturated carbocycles. The monoisotopic (exact) mass is 910 g/mol. The molecule has 344 valence electrons. The largest absolute Gasteiger partial charge is 0.488 e. The molecule has 1 aromatic carbocycles. The molecule has 6 fully saturated rings. The number of pyridine rings is 1. The molecule has 4 aliphatic heterocycles. The van der Waals surface area contributed by atoms with Gasteiger partial charge in [0, 0.05) is 42.5 Å². The number of alkyl carbamates (subject to hydrolysis) is 1. The van der Waals surface area contributed by atoms with E-state index in [0.29, 0.717) is 56.6 Å². The first-order valence-corrected chi connectivity index (χ1v) is 25.2. The van der Waals surface area contributed by atoms with Gasteiger partial charge in [0.1, 0.15) is 35.3 Å². The number of nitrogens with zero attached hydrogens (tertiary/aromatic N) is 1. The van der Waals surface area contributed by atoms with Crippen molar-refractivity contribution in [3.05, 3.63) is 52.8 Å². The number of hydrogen-bond donors (Lipinski definition) is 5. The number of piperidine rings is 1. The van der Waals surface area contributed by atoms with Crippen molar-refractivity contribution < 1.29 is 41.8 Å². The van der Waals surface area contributed by atoms with Gasteiger partial charge in [0.2, 0.25) is 21.8 Å². The van der Waals surface area contributed by atoms with Crippen molar-refractivity contribution in [3.8, 4) is 5.75 Å². The summed E-state index contributed by atoms with van der Waals surface area (Å²) < 4.78 is 45.4. The number of nitrogens with one attached hydrogen (secondary N) is 5. The lowest BCUT2D eigenvalue weighted by atomic mass is 9.85. The maximum Gasteiger partial charge on any atom is 0.408 e. The lowest BCUT2D eigenvalue weighted by molar-refractivity contribution is -0.142. The third-order valence-electron chi connectivity index (χ3n) is 14.0. The Kier molecular flexibility index (Phi) is 12.8. The van der Waals surface area contributed by atoms with Gasteiger partial charge in [-0.2, -0.15) is 0 Å². The number of benzene rings is 1. The van der Waals surface area contributed by atoms with Crippen LogP contribution in [0.2, 0.25) is 0 Å². The zero-order chi connectivity index (χ0) is 44.9. The fourth-order valence-electron chi connectivity index (χ4n) is 9.52. The van der Waals surface area contributed by atoms with E-state index in [1.54, 1.807) is 6.92 Å². The van der Waals surface area contributed by atoms with E-state index < -0.39 is 67.0 Å². The number of carbonyl (C=O) groups excluding carboxylic acids is 4. The zero-order valence-corrected chi connectivity index (χ0v) is 38.6. The van der Waals surface area contributed by atoms with Crippen LogP contribution in [0.5, 0.6) is 5.75 Å². The Labute approximate surface area is 371 Å². The van der Waals surface area contributed by atoms with Crippen LogP contribution in [0.3, 0.4) is 0 Å². The molecule has 5 N–H and O–H groups in total. The van der Waals surface area contributed by atoms with E-state index in [1.807, 2.05) is 45.0 Å². The molecule has 1 aromatic heterocycles. The number of amides is 4. The number of fused-ring (bicyclic) bond motifs is 3. The summed E-state index contributed by atoms with van der Waals surface area (Å²) in [6, 6.07) is 5.87. The fraction of sp³-hybridized carbons (Fsp3) is 0.667. The standard InChI is InChI=1S/C45H63N6O10PS/c1-6-34-45(62-34,41(55)50-63(57,58)44(5)18-19-44)49-39(53)32-17-12-20-51(32)40(54)37(43(2,3)4)48-42(56)60-33-21-26(33)13-8-7-9-15-30-36(29-14-10-11-16-31(29)47-38(30)52)61-35-27-22-46-23-28(35)25-59-24-27/h6,10-11,14,16,26-28,32-35,37,46,62H,1,7-9,12-13,15,17-25H2,2-5H3,(H,47,52)(H,48,56)(H,49,53)(H,50,55)/t26-,27?,28?,32+,33?,34?,35?,37-,45?/m1/s1. The first kappa shape index (κ1) is 45.5. The lowest BCUT2D eigenvalue weighted by Crippen LogP contribution is -2.60. The number of sulfonamides is 1. The van der Waals surface area contributed by atoms with E-state index in [4.69, 9.17) is 14.2 Å². The third kappa shape index (κ3) is 9.53. The van der Waals surface area contributed by atoms with Gasteiger partial charge in [-0.1, -0.05) is 60.4 Å². The van der Waals surface area contributed by atoms with Crippen LogP contribution in [0.1, 0.15) is 91.0 Å². The Bertz CT molecular complexity index is 2270. The first-order chi connectivity index (χ1) is 29.9. The van der Waals surface area contributed by atoms with Crippen LogP contribution in [-0.4, -0.2) is 115 Å². The second-order valence-electron chi connectivity index (χ2n) is 19.8. The highest BCUT2D eigenvalue weighted by Gasteiger charge is 2.63. The van der Waals surface area contributed by atoms with Crippen molar-refractivity contribution >= 4 is 53.3 Å². The van der Waals surface area contributed by atoms with Crippen LogP contribution in [-0.2, 0) is 40.3 Å². The molecule has 0 radical (unpaired) electrons. The van der Waals surface area contributed by atoms with Crippen LogP contribution in [0.25, 0.3) is 10.9 Å². The number of para-hydroxylation sites is 1. The zero-order valence-electron chi connectivity index (χ0n) is 36.8. The van der Waals surface area contributed by atoms with Crippen molar-refractivity contribution in [2.45, 2.75) is 132 Å².